The van der Waals surface area contributed by atoms with E-state index in [1.807, 2.05) is 13.1 Å². The second kappa shape index (κ2) is 6.12. The Morgan fingerprint density at radius 2 is 2.26 bits per heavy atom. The molecule has 6 heteroatoms. The van der Waals surface area contributed by atoms with Crippen molar-refractivity contribution in [1.82, 2.24) is 20.3 Å². The molecule has 1 aromatic carbocycles. The minimum Gasteiger partial charge on any atom is -0.305 e. The second-order valence-corrected chi connectivity index (χ2v) is 4.75. The zero-order valence-electron chi connectivity index (χ0n) is 10.9. The highest BCUT2D eigenvalue weighted by atomic mass is 35.5. The molecule has 0 aliphatic heterocycles. The van der Waals surface area contributed by atoms with Crippen LogP contribution >= 0.6 is 11.6 Å². The first kappa shape index (κ1) is 14.0. The molecule has 2 rings (SSSR count). The van der Waals surface area contributed by atoms with E-state index in [0.29, 0.717) is 0 Å². The Labute approximate surface area is 116 Å². The van der Waals surface area contributed by atoms with Crippen molar-refractivity contribution in [2.24, 2.45) is 7.05 Å². The number of hydrogen-bond acceptors (Lipinski definition) is 3. The molecule has 19 heavy (non-hydrogen) atoms. The molecule has 0 bridgehead atoms. The van der Waals surface area contributed by atoms with Gasteiger partial charge in [0.2, 0.25) is 0 Å². The lowest BCUT2D eigenvalue weighted by atomic mass is 10.0. The van der Waals surface area contributed by atoms with Gasteiger partial charge in [-0.2, -0.15) is 0 Å². The van der Waals surface area contributed by atoms with Crippen LogP contribution in [0.4, 0.5) is 4.39 Å². The van der Waals surface area contributed by atoms with Crippen LogP contribution in [-0.4, -0.2) is 21.5 Å². The number of aryl methyl sites for hydroxylation is 1. The number of halogens is 2. The highest BCUT2D eigenvalue weighted by Crippen LogP contribution is 2.24. The predicted molar refractivity (Wildman–Crippen MR) is 72.5 cm³/mol. The van der Waals surface area contributed by atoms with Crippen molar-refractivity contribution in [2.75, 3.05) is 6.54 Å². The van der Waals surface area contributed by atoms with E-state index in [0.717, 1.165) is 24.2 Å². The molecule has 0 aliphatic rings. The first-order valence-corrected chi connectivity index (χ1v) is 6.54. The van der Waals surface area contributed by atoms with E-state index in [1.165, 1.54) is 6.07 Å². The summed E-state index contributed by atoms with van der Waals surface area (Å²) in [5.74, 6) is -0.419. The maximum Gasteiger partial charge on any atom is 0.142 e. The molecule has 0 fully saturated rings. The van der Waals surface area contributed by atoms with Crippen molar-refractivity contribution in [3.05, 3.63) is 46.5 Å². The Kier molecular flexibility index (Phi) is 4.50. The SMILES string of the molecule is CCCNC(c1ccc(Cl)c(F)c1)c1cnnn1C. The molecule has 0 aliphatic carbocycles. The Balaban J connectivity index is 2.37. The van der Waals surface area contributed by atoms with E-state index < -0.39 is 5.82 Å². The molecule has 102 valence electrons. The third-order valence-corrected chi connectivity index (χ3v) is 3.23. The van der Waals surface area contributed by atoms with Gasteiger partial charge in [0.05, 0.1) is 23.0 Å². The third kappa shape index (κ3) is 3.11. The highest BCUT2D eigenvalue weighted by Gasteiger charge is 2.18. The molecule has 1 N–H and O–H groups in total. The van der Waals surface area contributed by atoms with E-state index in [-0.39, 0.29) is 11.1 Å². The van der Waals surface area contributed by atoms with Gasteiger partial charge in [0, 0.05) is 7.05 Å². The monoisotopic (exact) mass is 282 g/mol. The molecule has 2 aromatic rings. The largest absolute Gasteiger partial charge is 0.305 e. The number of nitrogens with zero attached hydrogens (tertiary/aromatic N) is 3. The summed E-state index contributed by atoms with van der Waals surface area (Å²) in [5.41, 5.74) is 1.69. The van der Waals surface area contributed by atoms with Crippen LogP contribution in [0, 0.1) is 5.82 Å². The average molecular weight is 283 g/mol. The summed E-state index contributed by atoms with van der Waals surface area (Å²) in [6, 6.07) is 4.68. The van der Waals surface area contributed by atoms with Gasteiger partial charge >= 0.3 is 0 Å². The fraction of sp³-hybridized carbons (Fsp3) is 0.385. The van der Waals surface area contributed by atoms with E-state index in [1.54, 1.807) is 16.9 Å². The number of benzene rings is 1. The minimum atomic E-state index is -0.419. The minimum absolute atomic E-state index is 0.126. The van der Waals surface area contributed by atoms with Crippen molar-refractivity contribution in [1.29, 1.82) is 0 Å². The number of nitrogens with one attached hydrogen (secondary N) is 1. The molecule has 0 amide bonds. The summed E-state index contributed by atoms with van der Waals surface area (Å²) in [6.07, 6.45) is 2.66. The summed E-state index contributed by atoms with van der Waals surface area (Å²) < 4.78 is 15.3. The lowest BCUT2D eigenvalue weighted by Crippen LogP contribution is -2.25. The van der Waals surface area contributed by atoms with Crippen LogP contribution in [-0.2, 0) is 7.05 Å². The summed E-state index contributed by atoms with van der Waals surface area (Å²) in [6.45, 7) is 2.90. The molecule has 0 radical (unpaired) electrons. The van der Waals surface area contributed by atoms with E-state index in [2.05, 4.69) is 22.6 Å². The van der Waals surface area contributed by atoms with Crippen LogP contribution in [0.3, 0.4) is 0 Å². The van der Waals surface area contributed by atoms with Crippen molar-refractivity contribution in [2.45, 2.75) is 19.4 Å². The summed E-state index contributed by atoms with van der Waals surface area (Å²) in [5, 5.41) is 11.3. The molecule has 4 nitrogen and oxygen atoms in total. The molecule has 1 aromatic heterocycles. The average Bonchev–Trinajstić information content (AvgIpc) is 2.80. The number of rotatable bonds is 5. The molecule has 0 saturated heterocycles. The maximum atomic E-state index is 13.6. The Hall–Kier alpha value is -1.46. The van der Waals surface area contributed by atoms with E-state index >= 15 is 0 Å². The lowest BCUT2D eigenvalue weighted by Gasteiger charge is -2.19. The lowest BCUT2D eigenvalue weighted by molar-refractivity contribution is 0.545. The normalized spacial score (nSPS) is 12.6. The number of aromatic nitrogens is 3. The van der Waals surface area contributed by atoms with E-state index in [9.17, 15) is 4.39 Å². The van der Waals surface area contributed by atoms with Crippen LogP contribution in [0.15, 0.2) is 24.4 Å². The standard InChI is InChI=1S/C13H16ClFN4/c1-3-6-16-13(12-8-17-18-19(12)2)9-4-5-10(14)11(15)7-9/h4-5,7-8,13,16H,3,6H2,1-2H3. The van der Waals surface area contributed by atoms with Gasteiger partial charge in [0.1, 0.15) is 5.82 Å². The van der Waals surface area contributed by atoms with Gasteiger partial charge in [-0.05, 0) is 30.7 Å². The summed E-state index contributed by atoms with van der Waals surface area (Å²) >= 11 is 5.72. The van der Waals surface area contributed by atoms with Gasteiger partial charge in [-0.3, -0.25) is 4.68 Å². The van der Waals surface area contributed by atoms with Crippen LogP contribution in [0.1, 0.15) is 30.6 Å². The third-order valence-electron chi connectivity index (χ3n) is 2.92. The van der Waals surface area contributed by atoms with Crippen molar-refractivity contribution >= 4 is 11.6 Å². The Morgan fingerprint density at radius 1 is 1.47 bits per heavy atom. The molecule has 0 saturated carbocycles. The van der Waals surface area contributed by atoms with Crippen LogP contribution in [0.2, 0.25) is 5.02 Å². The van der Waals surface area contributed by atoms with Gasteiger partial charge in [-0.25, -0.2) is 4.39 Å². The number of hydrogen-bond donors (Lipinski definition) is 1. The van der Waals surface area contributed by atoms with Gasteiger partial charge in [0.15, 0.2) is 0 Å². The van der Waals surface area contributed by atoms with E-state index in [4.69, 9.17) is 11.6 Å². The van der Waals surface area contributed by atoms with Gasteiger partial charge < -0.3 is 5.32 Å². The maximum absolute atomic E-state index is 13.6. The molecule has 1 unspecified atom stereocenters. The zero-order chi connectivity index (χ0) is 13.8. The summed E-state index contributed by atoms with van der Waals surface area (Å²) in [4.78, 5) is 0. The van der Waals surface area contributed by atoms with Gasteiger partial charge in [0.25, 0.3) is 0 Å². The van der Waals surface area contributed by atoms with Crippen molar-refractivity contribution in [3.8, 4) is 0 Å². The van der Waals surface area contributed by atoms with Crippen molar-refractivity contribution in [3.63, 3.8) is 0 Å². The van der Waals surface area contributed by atoms with Crippen LogP contribution < -0.4 is 5.32 Å². The topological polar surface area (TPSA) is 42.7 Å². The van der Waals surface area contributed by atoms with Crippen molar-refractivity contribution < 1.29 is 4.39 Å². The molecular formula is C13H16ClFN4. The van der Waals surface area contributed by atoms with Crippen LogP contribution in [0.5, 0.6) is 0 Å². The summed E-state index contributed by atoms with van der Waals surface area (Å²) in [7, 11) is 1.81. The second-order valence-electron chi connectivity index (χ2n) is 4.34. The highest BCUT2D eigenvalue weighted by molar-refractivity contribution is 6.30. The molecular weight excluding hydrogens is 267 g/mol. The van der Waals surface area contributed by atoms with Gasteiger partial charge in [-0.1, -0.05) is 29.8 Å². The quantitative estimate of drug-likeness (QED) is 0.917. The first-order chi connectivity index (χ1) is 9.13. The Morgan fingerprint density at radius 3 is 2.84 bits per heavy atom. The Bertz CT molecular complexity index is 555. The fourth-order valence-electron chi connectivity index (χ4n) is 1.93. The predicted octanol–water partition coefficient (Wildman–Crippen LogP) is 2.70. The van der Waals surface area contributed by atoms with Gasteiger partial charge in [-0.15, -0.1) is 5.10 Å². The van der Waals surface area contributed by atoms with Crippen LogP contribution in [0.25, 0.3) is 0 Å². The zero-order valence-corrected chi connectivity index (χ0v) is 11.7. The molecule has 1 atom stereocenters. The first-order valence-electron chi connectivity index (χ1n) is 6.16. The molecule has 0 spiro atoms. The smallest absolute Gasteiger partial charge is 0.142 e. The fourth-order valence-corrected chi connectivity index (χ4v) is 2.05. The molecule has 1 heterocycles.